The van der Waals surface area contributed by atoms with Gasteiger partial charge in [0.05, 0.1) is 0 Å². The topological polar surface area (TPSA) is 78.9 Å². The first-order chi connectivity index (χ1) is 39.5. The van der Waals surface area contributed by atoms with E-state index in [2.05, 4.69) is 118 Å². The molecule has 0 aromatic heterocycles. The zero-order valence-electron chi connectivity index (χ0n) is 52.8. The summed E-state index contributed by atoms with van der Waals surface area (Å²) in [6.07, 6.45) is 91.4. The normalized spacial score (nSPS) is 12.7. The van der Waals surface area contributed by atoms with Crippen molar-refractivity contribution in [2.24, 2.45) is 0 Å². The Labute approximate surface area is 496 Å². The highest BCUT2D eigenvalue weighted by Crippen LogP contribution is 2.17. The minimum Gasteiger partial charge on any atom is -0.462 e. The van der Waals surface area contributed by atoms with Gasteiger partial charge in [-0.2, -0.15) is 0 Å². The van der Waals surface area contributed by atoms with Crippen LogP contribution in [0.3, 0.4) is 0 Å². The van der Waals surface area contributed by atoms with Crippen LogP contribution in [0.4, 0.5) is 0 Å². The van der Waals surface area contributed by atoms with Crippen LogP contribution in [0.2, 0.25) is 0 Å². The summed E-state index contributed by atoms with van der Waals surface area (Å²) >= 11 is 0. The molecule has 0 fully saturated rings. The first kappa shape index (κ1) is 76.3. The van der Waals surface area contributed by atoms with Crippen molar-refractivity contribution in [3.63, 3.8) is 0 Å². The molecule has 0 rings (SSSR count). The molecular weight excluding hydrogens is 985 g/mol. The molecule has 0 saturated carbocycles. The van der Waals surface area contributed by atoms with Crippen LogP contribution >= 0.6 is 0 Å². The Hall–Kier alpha value is -3.67. The predicted molar refractivity (Wildman–Crippen MR) is 348 cm³/mol. The van der Waals surface area contributed by atoms with Crippen molar-refractivity contribution in [3.8, 4) is 0 Å². The zero-order chi connectivity index (χ0) is 57.8. The lowest BCUT2D eigenvalue weighted by Gasteiger charge is -2.18. The van der Waals surface area contributed by atoms with E-state index in [9.17, 15) is 14.4 Å². The molecule has 0 aromatic carbocycles. The van der Waals surface area contributed by atoms with E-state index in [0.717, 1.165) is 109 Å². The third-order valence-corrected chi connectivity index (χ3v) is 14.8. The number of unbranched alkanes of at least 4 members (excludes halogenated alkanes) is 35. The zero-order valence-corrected chi connectivity index (χ0v) is 52.8. The molecule has 0 amide bonds. The average Bonchev–Trinajstić information content (AvgIpc) is 3.46. The van der Waals surface area contributed by atoms with Gasteiger partial charge in [-0.15, -0.1) is 0 Å². The van der Waals surface area contributed by atoms with E-state index in [1.807, 2.05) is 0 Å². The van der Waals surface area contributed by atoms with Gasteiger partial charge < -0.3 is 14.2 Å². The van der Waals surface area contributed by atoms with Gasteiger partial charge in [-0.05, 0) is 122 Å². The van der Waals surface area contributed by atoms with Gasteiger partial charge in [-0.3, -0.25) is 14.4 Å². The Balaban J connectivity index is 4.39. The molecule has 80 heavy (non-hydrogen) atoms. The Morgan fingerprint density at radius 1 is 0.263 bits per heavy atom. The molecule has 0 bridgehead atoms. The molecule has 1 atom stereocenters. The SMILES string of the molecule is CC/C=C\C/C=C\C/C=C\C/C=C\C/C=C\CCCCCC(=O)OC(COC(=O)CCCCCCCCC/C=C\C/C=C\CCCCCC)COC(=O)CCCCCCCCCCCCCCC/C=C\CCCCCCCCCC. The van der Waals surface area contributed by atoms with Gasteiger partial charge in [0, 0.05) is 19.3 Å². The van der Waals surface area contributed by atoms with Crippen LogP contribution < -0.4 is 0 Å². The number of carbonyl (C=O) groups excluding carboxylic acids is 3. The second-order valence-corrected chi connectivity index (χ2v) is 22.7. The largest absolute Gasteiger partial charge is 0.462 e. The Morgan fingerprint density at radius 3 is 0.800 bits per heavy atom. The Bertz CT molecular complexity index is 1560. The first-order valence-corrected chi connectivity index (χ1v) is 34.2. The highest BCUT2D eigenvalue weighted by molar-refractivity contribution is 5.71. The highest BCUT2D eigenvalue weighted by Gasteiger charge is 2.19. The van der Waals surface area contributed by atoms with E-state index < -0.39 is 6.10 Å². The molecule has 460 valence electrons. The smallest absolute Gasteiger partial charge is 0.306 e. The number of hydrogen-bond acceptors (Lipinski definition) is 6. The molecule has 6 heteroatoms. The lowest BCUT2D eigenvalue weighted by molar-refractivity contribution is -0.167. The summed E-state index contributed by atoms with van der Waals surface area (Å²) in [4.78, 5) is 38.4. The molecule has 0 heterocycles. The van der Waals surface area contributed by atoms with Gasteiger partial charge in [0.15, 0.2) is 6.10 Å². The van der Waals surface area contributed by atoms with Crippen LogP contribution in [-0.4, -0.2) is 37.2 Å². The number of hydrogen-bond donors (Lipinski definition) is 0. The average molecular weight is 1110 g/mol. The minimum absolute atomic E-state index is 0.0925. The number of carbonyl (C=O) groups is 3. The molecule has 0 spiro atoms. The molecule has 0 aliphatic carbocycles. The molecule has 0 aliphatic rings. The van der Waals surface area contributed by atoms with E-state index in [1.165, 1.54) is 186 Å². The van der Waals surface area contributed by atoms with Crippen LogP contribution in [0.25, 0.3) is 0 Å². The second kappa shape index (κ2) is 67.8. The standard InChI is InChI=1S/C74H128O6/c1-4-7-10-13-16-19-22-25-28-31-34-35-36-37-38-39-41-43-46-49-52-55-58-61-64-67-73(76)79-70-71(69-78-72(75)66-63-60-57-54-51-48-45-42-33-30-27-24-21-18-15-12-9-6-3)80-74(77)68-65-62-59-56-53-50-47-44-40-32-29-26-23-20-17-14-11-8-5-2/h8,11,17,20-21,24,26,29-31,33-34,40,44,50,53,71H,4-7,9-10,12-16,18-19,22-23,25,27-28,32,35-39,41-43,45-49,51-52,54-70H2,1-3H3/b11-8-,20-17-,24-21-,29-26-,33-30-,34-31-,44-40-,53-50-. The summed E-state index contributed by atoms with van der Waals surface area (Å²) in [5, 5.41) is 0. The van der Waals surface area contributed by atoms with Crippen LogP contribution in [0.5, 0.6) is 0 Å². The lowest BCUT2D eigenvalue weighted by atomic mass is 10.0. The van der Waals surface area contributed by atoms with Crippen molar-refractivity contribution in [3.05, 3.63) is 97.2 Å². The van der Waals surface area contributed by atoms with Crippen molar-refractivity contribution < 1.29 is 28.6 Å². The molecule has 1 unspecified atom stereocenters. The monoisotopic (exact) mass is 1110 g/mol. The minimum atomic E-state index is -0.801. The van der Waals surface area contributed by atoms with Crippen molar-refractivity contribution in [1.82, 2.24) is 0 Å². The lowest BCUT2D eigenvalue weighted by Crippen LogP contribution is -2.30. The van der Waals surface area contributed by atoms with Gasteiger partial charge in [0.2, 0.25) is 0 Å². The number of allylic oxidation sites excluding steroid dienone is 16. The molecule has 0 aromatic rings. The summed E-state index contributed by atoms with van der Waals surface area (Å²) in [6.45, 7) is 6.51. The third kappa shape index (κ3) is 65.1. The summed E-state index contributed by atoms with van der Waals surface area (Å²) in [7, 11) is 0. The maximum absolute atomic E-state index is 12.9. The van der Waals surface area contributed by atoms with Crippen molar-refractivity contribution in [1.29, 1.82) is 0 Å². The maximum atomic E-state index is 12.9. The molecule has 0 saturated heterocycles. The third-order valence-electron chi connectivity index (χ3n) is 14.8. The summed E-state index contributed by atoms with van der Waals surface area (Å²) in [6, 6.07) is 0. The van der Waals surface area contributed by atoms with Crippen LogP contribution in [0.1, 0.15) is 335 Å². The molecule has 0 aliphatic heterocycles. The summed E-state index contributed by atoms with van der Waals surface area (Å²) in [5.74, 6) is -0.920. The fraction of sp³-hybridized carbons (Fsp3) is 0.743. The fourth-order valence-electron chi connectivity index (χ4n) is 9.67. The van der Waals surface area contributed by atoms with Crippen LogP contribution in [-0.2, 0) is 28.6 Å². The van der Waals surface area contributed by atoms with Crippen molar-refractivity contribution in [2.75, 3.05) is 13.2 Å². The second-order valence-electron chi connectivity index (χ2n) is 22.7. The van der Waals surface area contributed by atoms with Crippen molar-refractivity contribution >= 4 is 17.9 Å². The molecule has 0 N–H and O–H groups in total. The van der Waals surface area contributed by atoms with E-state index in [-0.39, 0.29) is 37.5 Å². The Morgan fingerprint density at radius 2 is 0.487 bits per heavy atom. The van der Waals surface area contributed by atoms with E-state index >= 15 is 0 Å². The quantitative estimate of drug-likeness (QED) is 0.0261. The molecule has 6 nitrogen and oxygen atoms in total. The van der Waals surface area contributed by atoms with Gasteiger partial charge in [-0.25, -0.2) is 0 Å². The number of rotatable bonds is 62. The summed E-state index contributed by atoms with van der Waals surface area (Å²) < 4.78 is 16.9. The first-order valence-electron chi connectivity index (χ1n) is 34.2. The Kier molecular flexibility index (Phi) is 64.7. The summed E-state index contributed by atoms with van der Waals surface area (Å²) in [5.41, 5.74) is 0. The van der Waals surface area contributed by atoms with E-state index in [1.54, 1.807) is 0 Å². The highest BCUT2D eigenvalue weighted by atomic mass is 16.6. The van der Waals surface area contributed by atoms with Gasteiger partial charge in [0.25, 0.3) is 0 Å². The van der Waals surface area contributed by atoms with Gasteiger partial charge in [-0.1, -0.05) is 291 Å². The van der Waals surface area contributed by atoms with Crippen molar-refractivity contribution in [2.45, 2.75) is 341 Å². The van der Waals surface area contributed by atoms with Crippen LogP contribution in [0.15, 0.2) is 97.2 Å². The van der Waals surface area contributed by atoms with Gasteiger partial charge in [0.1, 0.15) is 13.2 Å². The molecular formula is C74H128O6. The van der Waals surface area contributed by atoms with Gasteiger partial charge >= 0.3 is 17.9 Å². The van der Waals surface area contributed by atoms with Crippen LogP contribution in [0, 0.1) is 0 Å². The van der Waals surface area contributed by atoms with E-state index in [4.69, 9.17) is 14.2 Å². The van der Waals surface area contributed by atoms with E-state index in [0.29, 0.717) is 12.8 Å². The molecule has 0 radical (unpaired) electrons. The fourth-order valence-corrected chi connectivity index (χ4v) is 9.67. The predicted octanol–water partition coefficient (Wildman–Crippen LogP) is 23.6. The maximum Gasteiger partial charge on any atom is 0.306 e. The number of ether oxygens (including phenoxy) is 3. The number of esters is 3.